The maximum absolute atomic E-state index is 12.1. The molecule has 0 radical (unpaired) electrons. The zero-order chi connectivity index (χ0) is 13.2. The van der Waals surface area contributed by atoms with Crippen molar-refractivity contribution in [3.8, 4) is 0 Å². The molecule has 1 aromatic heterocycles. The molecule has 0 saturated carbocycles. The zero-order valence-corrected chi connectivity index (χ0v) is 10.4. The van der Waals surface area contributed by atoms with E-state index in [-0.39, 0.29) is 5.91 Å². The molecule has 0 atom stereocenters. The number of nitrogens with zero attached hydrogens (tertiary/aromatic N) is 2. The van der Waals surface area contributed by atoms with E-state index in [4.69, 9.17) is 11.6 Å². The predicted molar refractivity (Wildman–Crippen MR) is 71.2 cm³/mol. The van der Waals surface area contributed by atoms with Crippen LogP contribution in [0.15, 0.2) is 47.1 Å². The molecule has 94 valence electrons. The second kappa shape index (κ2) is 4.70. The fraction of sp³-hybridized carbons (Fsp3) is 0. The third-order valence-electron chi connectivity index (χ3n) is 2.63. The van der Waals surface area contributed by atoms with E-state index >= 15 is 0 Å². The van der Waals surface area contributed by atoms with Gasteiger partial charge in [-0.2, -0.15) is 0 Å². The lowest BCUT2D eigenvalue weighted by Crippen LogP contribution is -2.12. The molecule has 0 unspecified atom stereocenters. The second-order valence-corrected chi connectivity index (χ2v) is 4.31. The van der Waals surface area contributed by atoms with Crippen LogP contribution in [0, 0.1) is 0 Å². The van der Waals surface area contributed by atoms with E-state index in [1.165, 1.54) is 0 Å². The number of anilines is 1. The summed E-state index contributed by atoms with van der Waals surface area (Å²) in [6, 6.07) is 12.0. The van der Waals surface area contributed by atoms with Gasteiger partial charge in [-0.15, -0.1) is 0 Å². The molecule has 19 heavy (non-hydrogen) atoms. The molecule has 3 rings (SSSR count). The summed E-state index contributed by atoms with van der Waals surface area (Å²) in [5.74, 6) is -0.276. The van der Waals surface area contributed by atoms with Crippen LogP contribution in [0.3, 0.4) is 0 Å². The van der Waals surface area contributed by atoms with Crippen LogP contribution in [0.2, 0.25) is 5.02 Å². The Bertz CT molecular complexity index is 754. The van der Waals surface area contributed by atoms with Crippen LogP contribution in [0.4, 0.5) is 5.69 Å². The van der Waals surface area contributed by atoms with E-state index in [2.05, 4.69) is 20.3 Å². The van der Waals surface area contributed by atoms with E-state index in [1.54, 1.807) is 42.5 Å². The summed E-state index contributed by atoms with van der Waals surface area (Å²) in [5.41, 5.74) is 2.24. The number of halogens is 1. The van der Waals surface area contributed by atoms with E-state index < -0.39 is 0 Å². The van der Waals surface area contributed by atoms with Gasteiger partial charge >= 0.3 is 0 Å². The second-order valence-electron chi connectivity index (χ2n) is 3.90. The number of amides is 1. The van der Waals surface area contributed by atoms with Crippen LogP contribution in [-0.4, -0.2) is 16.2 Å². The van der Waals surface area contributed by atoms with Crippen molar-refractivity contribution in [1.82, 2.24) is 10.3 Å². The highest BCUT2D eigenvalue weighted by Gasteiger charge is 2.10. The lowest BCUT2D eigenvalue weighted by Gasteiger charge is -2.06. The fourth-order valence-electron chi connectivity index (χ4n) is 1.70. The standard InChI is InChI=1S/C13H8ClN3O2/c14-10-4-2-1-3-9(10)13(18)15-8-5-6-11-12(7-8)17-19-16-11/h1-7H,(H,15,18). The molecule has 5 nitrogen and oxygen atoms in total. The first-order valence-corrected chi connectivity index (χ1v) is 5.90. The summed E-state index contributed by atoms with van der Waals surface area (Å²) in [7, 11) is 0. The smallest absolute Gasteiger partial charge is 0.257 e. The number of fused-ring (bicyclic) bond motifs is 1. The Morgan fingerprint density at radius 2 is 1.89 bits per heavy atom. The molecule has 1 N–H and O–H groups in total. The predicted octanol–water partition coefficient (Wildman–Crippen LogP) is 3.13. The van der Waals surface area contributed by atoms with Gasteiger partial charge in [-0.05, 0) is 40.6 Å². The maximum atomic E-state index is 12.1. The minimum atomic E-state index is -0.276. The quantitative estimate of drug-likeness (QED) is 0.779. The summed E-state index contributed by atoms with van der Waals surface area (Å²) in [6.07, 6.45) is 0. The van der Waals surface area contributed by atoms with E-state index in [1.807, 2.05) is 0 Å². The Hall–Kier alpha value is -2.40. The molecule has 0 aliphatic heterocycles. The molecule has 0 spiro atoms. The molecule has 0 saturated heterocycles. The lowest BCUT2D eigenvalue weighted by molar-refractivity contribution is 0.102. The number of carbonyl (C=O) groups excluding carboxylic acids is 1. The number of hydrogen-bond acceptors (Lipinski definition) is 4. The monoisotopic (exact) mass is 273 g/mol. The van der Waals surface area contributed by atoms with Gasteiger partial charge in [0.05, 0.1) is 10.6 Å². The Kier molecular flexibility index (Phi) is 2.89. The molecule has 1 amide bonds. The Balaban J connectivity index is 1.88. The first-order chi connectivity index (χ1) is 9.24. The summed E-state index contributed by atoms with van der Waals surface area (Å²) in [5, 5.41) is 10.6. The van der Waals surface area contributed by atoms with Gasteiger partial charge in [0.25, 0.3) is 5.91 Å². The van der Waals surface area contributed by atoms with Crippen molar-refractivity contribution in [2.45, 2.75) is 0 Å². The van der Waals surface area contributed by atoms with Crippen LogP contribution in [0.5, 0.6) is 0 Å². The van der Waals surface area contributed by atoms with Crippen molar-refractivity contribution in [3.63, 3.8) is 0 Å². The third kappa shape index (κ3) is 2.28. The highest BCUT2D eigenvalue weighted by Crippen LogP contribution is 2.19. The van der Waals surface area contributed by atoms with Crippen LogP contribution in [0.1, 0.15) is 10.4 Å². The van der Waals surface area contributed by atoms with Crippen molar-refractivity contribution in [3.05, 3.63) is 53.1 Å². The van der Waals surface area contributed by atoms with Crippen molar-refractivity contribution in [2.75, 3.05) is 5.32 Å². The maximum Gasteiger partial charge on any atom is 0.257 e. The summed E-state index contributed by atoms with van der Waals surface area (Å²) >= 11 is 5.96. The molecule has 0 aliphatic rings. The van der Waals surface area contributed by atoms with E-state index in [0.29, 0.717) is 27.3 Å². The SMILES string of the molecule is O=C(Nc1ccc2nonc2c1)c1ccccc1Cl. The van der Waals surface area contributed by atoms with E-state index in [9.17, 15) is 4.79 Å². The van der Waals surface area contributed by atoms with Gasteiger partial charge in [-0.3, -0.25) is 4.79 Å². The first-order valence-electron chi connectivity index (χ1n) is 5.52. The Morgan fingerprint density at radius 1 is 1.11 bits per heavy atom. The Labute approximate surface area is 113 Å². The van der Waals surface area contributed by atoms with Crippen molar-refractivity contribution in [2.24, 2.45) is 0 Å². The Morgan fingerprint density at radius 3 is 2.74 bits per heavy atom. The van der Waals surface area contributed by atoms with Gasteiger partial charge < -0.3 is 5.32 Å². The minimum absolute atomic E-state index is 0.276. The van der Waals surface area contributed by atoms with Gasteiger partial charge in [-0.25, -0.2) is 4.63 Å². The molecule has 0 bridgehead atoms. The first kappa shape index (κ1) is 11.7. The average Bonchev–Trinajstić information content (AvgIpc) is 2.86. The van der Waals surface area contributed by atoms with Crippen molar-refractivity contribution < 1.29 is 9.42 Å². The van der Waals surface area contributed by atoms with Crippen molar-refractivity contribution >= 4 is 34.2 Å². The number of carbonyl (C=O) groups is 1. The van der Waals surface area contributed by atoms with Crippen LogP contribution in [0.25, 0.3) is 11.0 Å². The van der Waals surface area contributed by atoms with Crippen LogP contribution < -0.4 is 5.32 Å². The molecule has 0 fully saturated rings. The topological polar surface area (TPSA) is 68.0 Å². The number of benzene rings is 2. The fourth-order valence-corrected chi connectivity index (χ4v) is 1.93. The van der Waals surface area contributed by atoms with Crippen molar-refractivity contribution in [1.29, 1.82) is 0 Å². The number of rotatable bonds is 2. The molecule has 0 aliphatic carbocycles. The van der Waals surface area contributed by atoms with Crippen LogP contribution >= 0.6 is 11.6 Å². The van der Waals surface area contributed by atoms with Crippen LogP contribution in [-0.2, 0) is 0 Å². The minimum Gasteiger partial charge on any atom is -0.322 e. The van der Waals surface area contributed by atoms with Gasteiger partial charge in [0.2, 0.25) is 0 Å². The molecule has 2 aromatic carbocycles. The molecular weight excluding hydrogens is 266 g/mol. The summed E-state index contributed by atoms with van der Waals surface area (Å²) in [4.78, 5) is 12.1. The van der Waals surface area contributed by atoms with Gasteiger partial charge in [0.1, 0.15) is 11.0 Å². The average molecular weight is 274 g/mol. The van der Waals surface area contributed by atoms with Gasteiger partial charge in [0.15, 0.2) is 0 Å². The number of aromatic nitrogens is 2. The van der Waals surface area contributed by atoms with Gasteiger partial charge in [-0.1, -0.05) is 23.7 Å². The highest BCUT2D eigenvalue weighted by molar-refractivity contribution is 6.34. The molecule has 1 heterocycles. The van der Waals surface area contributed by atoms with Gasteiger partial charge in [0, 0.05) is 5.69 Å². The third-order valence-corrected chi connectivity index (χ3v) is 2.96. The van der Waals surface area contributed by atoms with E-state index in [0.717, 1.165) is 0 Å². The molecule has 6 heteroatoms. The lowest BCUT2D eigenvalue weighted by atomic mass is 10.2. The molecule has 3 aromatic rings. The number of nitrogens with one attached hydrogen (secondary N) is 1. The zero-order valence-electron chi connectivity index (χ0n) is 9.63. The molecular formula is C13H8ClN3O2. The summed E-state index contributed by atoms with van der Waals surface area (Å²) in [6.45, 7) is 0. The summed E-state index contributed by atoms with van der Waals surface area (Å²) < 4.78 is 4.59. The largest absolute Gasteiger partial charge is 0.322 e. The highest BCUT2D eigenvalue weighted by atomic mass is 35.5. The normalized spacial score (nSPS) is 10.6. The number of hydrogen-bond donors (Lipinski definition) is 1.